The molecule has 35 heavy (non-hydrogen) atoms. The molecule has 3 aromatic rings. The van der Waals surface area contributed by atoms with Crippen molar-refractivity contribution in [2.24, 2.45) is 0 Å². The average molecular weight is 516 g/mol. The van der Waals surface area contributed by atoms with E-state index >= 15 is 0 Å². The maximum absolute atomic E-state index is 14.0. The summed E-state index contributed by atoms with van der Waals surface area (Å²) in [7, 11) is 0. The van der Waals surface area contributed by atoms with Crippen molar-refractivity contribution in [1.82, 2.24) is 9.88 Å². The van der Waals surface area contributed by atoms with Gasteiger partial charge in [-0.25, -0.2) is 9.37 Å². The van der Waals surface area contributed by atoms with Crippen LogP contribution in [0, 0.1) is 5.82 Å². The predicted octanol–water partition coefficient (Wildman–Crippen LogP) is 5.99. The van der Waals surface area contributed by atoms with Crippen LogP contribution in [0.1, 0.15) is 47.6 Å². The van der Waals surface area contributed by atoms with Gasteiger partial charge in [-0.1, -0.05) is 23.7 Å². The van der Waals surface area contributed by atoms with E-state index in [-0.39, 0.29) is 17.7 Å². The molecule has 0 atom stereocenters. The monoisotopic (exact) mass is 515 g/mol. The summed E-state index contributed by atoms with van der Waals surface area (Å²) < 4.78 is 19.2. The molecular weight excluding hydrogens is 489 g/mol. The second-order valence-electron chi connectivity index (χ2n) is 8.32. The Bertz CT molecular complexity index is 1180. The number of thiazole rings is 1. The van der Waals surface area contributed by atoms with Gasteiger partial charge in [-0.15, -0.1) is 11.3 Å². The Labute approximate surface area is 213 Å². The molecule has 6 nitrogen and oxygen atoms in total. The zero-order valence-electron chi connectivity index (χ0n) is 19.4. The molecule has 0 radical (unpaired) electrons. The van der Waals surface area contributed by atoms with Crippen LogP contribution >= 0.6 is 22.9 Å². The van der Waals surface area contributed by atoms with E-state index in [0.29, 0.717) is 54.7 Å². The van der Waals surface area contributed by atoms with Crippen molar-refractivity contribution in [3.8, 4) is 11.1 Å². The van der Waals surface area contributed by atoms with E-state index < -0.39 is 5.82 Å². The van der Waals surface area contributed by atoms with Crippen molar-refractivity contribution in [3.63, 3.8) is 0 Å². The lowest BCUT2D eigenvalue weighted by atomic mass is 9.97. The second kappa shape index (κ2) is 11.7. The molecule has 1 N–H and O–H groups in total. The number of aromatic nitrogens is 1. The smallest absolute Gasteiger partial charge is 0.275 e. The Morgan fingerprint density at radius 3 is 2.66 bits per heavy atom. The number of hydrogen-bond donors (Lipinski definition) is 1. The van der Waals surface area contributed by atoms with Gasteiger partial charge in [0, 0.05) is 47.3 Å². The minimum Gasteiger partial charge on any atom is -0.381 e. The number of carbonyl (C=O) groups is 2. The highest BCUT2D eigenvalue weighted by atomic mass is 35.5. The maximum atomic E-state index is 14.0. The first-order valence-corrected chi connectivity index (χ1v) is 12.9. The summed E-state index contributed by atoms with van der Waals surface area (Å²) in [6, 6.07) is 11.2. The molecule has 2 heterocycles. The number of halogens is 2. The summed E-state index contributed by atoms with van der Waals surface area (Å²) in [6.45, 7) is 4.33. The molecule has 1 saturated heterocycles. The molecule has 9 heteroatoms. The molecule has 2 aromatic carbocycles. The van der Waals surface area contributed by atoms with Gasteiger partial charge in [0.1, 0.15) is 11.5 Å². The van der Waals surface area contributed by atoms with Crippen molar-refractivity contribution in [2.45, 2.75) is 32.1 Å². The first kappa shape index (κ1) is 25.3. The number of nitrogens with one attached hydrogen (secondary N) is 1. The number of hydrogen-bond acceptors (Lipinski definition) is 5. The van der Waals surface area contributed by atoms with Gasteiger partial charge in [0.2, 0.25) is 5.91 Å². The Hall–Kier alpha value is -2.81. The number of rotatable bonds is 8. The topological polar surface area (TPSA) is 71.5 Å². The minimum atomic E-state index is -0.397. The molecule has 0 bridgehead atoms. The zero-order chi connectivity index (χ0) is 24.8. The molecule has 184 valence electrons. The second-order valence-corrected chi connectivity index (χ2v) is 9.65. The fourth-order valence-corrected chi connectivity index (χ4v) is 5.19. The summed E-state index contributed by atoms with van der Waals surface area (Å²) in [5.41, 5.74) is 2.12. The van der Waals surface area contributed by atoms with E-state index in [2.05, 4.69) is 10.3 Å². The average Bonchev–Trinajstić information content (AvgIpc) is 3.36. The Balaban J connectivity index is 1.39. The van der Waals surface area contributed by atoms with Crippen LogP contribution in [0.4, 0.5) is 10.1 Å². The highest BCUT2D eigenvalue weighted by Crippen LogP contribution is 2.32. The van der Waals surface area contributed by atoms with E-state index in [4.69, 9.17) is 16.3 Å². The molecule has 1 aromatic heterocycles. The Morgan fingerprint density at radius 2 is 1.94 bits per heavy atom. The van der Waals surface area contributed by atoms with Gasteiger partial charge in [-0.2, -0.15) is 0 Å². The van der Waals surface area contributed by atoms with E-state index in [1.807, 2.05) is 11.8 Å². The van der Waals surface area contributed by atoms with Crippen LogP contribution in [-0.4, -0.2) is 48.0 Å². The van der Waals surface area contributed by atoms with Crippen LogP contribution in [0.15, 0.2) is 47.8 Å². The number of nitrogens with zero attached hydrogens (tertiary/aromatic N) is 2. The van der Waals surface area contributed by atoms with Crippen molar-refractivity contribution in [3.05, 3.63) is 69.4 Å². The Morgan fingerprint density at radius 1 is 1.20 bits per heavy atom. The van der Waals surface area contributed by atoms with Gasteiger partial charge < -0.3 is 15.0 Å². The number of ether oxygens (including phenoxy) is 1. The lowest BCUT2D eigenvalue weighted by Crippen LogP contribution is -2.38. The lowest BCUT2D eigenvalue weighted by Gasteiger charge is -2.31. The molecule has 0 saturated carbocycles. The van der Waals surface area contributed by atoms with Gasteiger partial charge in [-0.05, 0) is 55.7 Å². The third-order valence-corrected chi connectivity index (χ3v) is 7.26. The largest absolute Gasteiger partial charge is 0.381 e. The number of anilines is 1. The van der Waals surface area contributed by atoms with E-state index in [1.54, 1.807) is 35.7 Å². The predicted molar refractivity (Wildman–Crippen MR) is 137 cm³/mol. The van der Waals surface area contributed by atoms with Gasteiger partial charge in [-0.3, -0.25) is 9.59 Å². The molecule has 1 aliphatic heterocycles. The lowest BCUT2D eigenvalue weighted by molar-refractivity contribution is -0.133. The SMILES string of the molecule is CCOCCC(=O)N1CCC(c2nc(C(=O)Nc3ccc(F)cc3-c3ccc(Cl)cc3)cs2)CC1. The van der Waals surface area contributed by atoms with Gasteiger partial charge in [0.05, 0.1) is 18.0 Å². The van der Waals surface area contributed by atoms with Crippen molar-refractivity contribution < 1.29 is 18.7 Å². The molecule has 0 unspecified atom stereocenters. The molecule has 2 amide bonds. The number of amides is 2. The zero-order valence-corrected chi connectivity index (χ0v) is 21.0. The fraction of sp³-hybridized carbons (Fsp3) is 0.346. The van der Waals surface area contributed by atoms with Crippen LogP contribution in [-0.2, 0) is 9.53 Å². The number of piperidine rings is 1. The quantitative estimate of drug-likeness (QED) is 0.374. The molecule has 1 fully saturated rings. The fourth-order valence-electron chi connectivity index (χ4n) is 4.10. The third kappa shape index (κ3) is 6.45. The highest BCUT2D eigenvalue weighted by molar-refractivity contribution is 7.10. The summed E-state index contributed by atoms with van der Waals surface area (Å²) >= 11 is 7.43. The maximum Gasteiger partial charge on any atom is 0.275 e. The van der Waals surface area contributed by atoms with Crippen molar-refractivity contribution in [1.29, 1.82) is 0 Å². The standard InChI is InChI=1S/C26H27ClFN3O3S/c1-2-34-14-11-24(32)31-12-9-18(10-13-31)26-30-23(16-35-26)25(33)29-22-8-7-20(28)15-21(22)17-3-5-19(27)6-4-17/h3-8,15-16,18H,2,9-14H2,1H3,(H,29,33). The molecule has 0 aliphatic carbocycles. The van der Waals surface area contributed by atoms with Crippen molar-refractivity contribution >= 4 is 40.4 Å². The van der Waals surface area contributed by atoms with Crippen molar-refractivity contribution in [2.75, 3.05) is 31.6 Å². The summed E-state index contributed by atoms with van der Waals surface area (Å²) in [5, 5.41) is 6.09. The van der Waals surface area contributed by atoms with Gasteiger partial charge in [0.15, 0.2) is 0 Å². The van der Waals surface area contributed by atoms with Crippen LogP contribution in [0.2, 0.25) is 5.02 Å². The minimum absolute atomic E-state index is 0.117. The van der Waals surface area contributed by atoms with Gasteiger partial charge in [0.25, 0.3) is 5.91 Å². The van der Waals surface area contributed by atoms with E-state index in [1.165, 1.54) is 23.5 Å². The van der Waals surface area contributed by atoms with Gasteiger partial charge >= 0.3 is 0 Å². The number of likely N-dealkylation sites (tertiary alicyclic amines) is 1. The molecule has 1 aliphatic rings. The number of carbonyl (C=O) groups excluding carboxylic acids is 2. The van der Waals surface area contributed by atoms with E-state index in [0.717, 1.165) is 23.4 Å². The third-order valence-electron chi connectivity index (χ3n) is 6.00. The van der Waals surface area contributed by atoms with Crippen LogP contribution in [0.3, 0.4) is 0 Å². The van der Waals surface area contributed by atoms with Crippen LogP contribution in [0.25, 0.3) is 11.1 Å². The molecule has 0 spiro atoms. The molecule has 4 rings (SSSR count). The summed E-state index contributed by atoms with van der Waals surface area (Å²) in [4.78, 5) is 31.7. The number of benzene rings is 2. The molecular formula is C26H27ClFN3O3S. The summed E-state index contributed by atoms with van der Waals surface area (Å²) in [5.74, 6) is -0.413. The van der Waals surface area contributed by atoms with Crippen LogP contribution < -0.4 is 5.32 Å². The van der Waals surface area contributed by atoms with E-state index in [9.17, 15) is 14.0 Å². The normalized spacial score (nSPS) is 14.2. The first-order valence-electron chi connectivity index (χ1n) is 11.6. The van der Waals surface area contributed by atoms with Crippen LogP contribution in [0.5, 0.6) is 0 Å². The first-order chi connectivity index (χ1) is 16.9. The summed E-state index contributed by atoms with van der Waals surface area (Å²) in [6.07, 6.45) is 2.03. The Kier molecular flexibility index (Phi) is 8.49. The highest BCUT2D eigenvalue weighted by Gasteiger charge is 2.26.